The van der Waals surface area contributed by atoms with Gasteiger partial charge < -0.3 is 24.8 Å². The molecule has 0 bridgehead atoms. The lowest BCUT2D eigenvalue weighted by Crippen LogP contribution is -2.50. The number of benzene rings is 1. The van der Waals surface area contributed by atoms with Crippen molar-refractivity contribution in [3.8, 4) is 0 Å². The average Bonchev–Trinajstić information content (AvgIpc) is 3.25. The summed E-state index contributed by atoms with van der Waals surface area (Å²) in [5.74, 6) is 0. The quantitative estimate of drug-likeness (QED) is 0.771. The zero-order chi connectivity index (χ0) is 17.8. The second-order valence-corrected chi connectivity index (χ2v) is 7.90. The van der Waals surface area contributed by atoms with Crippen LogP contribution in [-0.4, -0.2) is 48.7 Å². The topological polar surface area (TPSA) is 51.8 Å². The Morgan fingerprint density at radius 2 is 1.77 bits per heavy atom. The summed E-state index contributed by atoms with van der Waals surface area (Å²) in [6.07, 6.45) is 6.31. The van der Waals surface area contributed by atoms with Gasteiger partial charge in [-0.2, -0.15) is 0 Å². The van der Waals surface area contributed by atoms with Crippen LogP contribution in [0.2, 0.25) is 0 Å². The van der Waals surface area contributed by atoms with Crippen LogP contribution in [-0.2, 0) is 20.8 Å². The Morgan fingerprint density at radius 3 is 2.58 bits per heavy atom. The summed E-state index contributed by atoms with van der Waals surface area (Å²) in [5.41, 5.74) is 1.17. The van der Waals surface area contributed by atoms with Crippen LogP contribution in [0.5, 0.6) is 0 Å². The molecule has 2 saturated heterocycles. The van der Waals surface area contributed by atoms with Gasteiger partial charge in [0.15, 0.2) is 5.11 Å². The normalized spacial score (nSPS) is 31.5. The Labute approximate surface area is 160 Å². The molecule has 26 heavy (non-hydrogen) atoms. The Hall–Kier alpha value is -1.21. The van der Waals surface area contributed by atoms with Crippen LogP contribution in [0.15, 0.2) is 30.3 Å². The third-order valence-corrected chi connectivity index (χ3v) is 5.81. The summed E-state index contributed by atoms with van der Waals surface area (Å²) < 4.78 is 18.0. The molecule has 0 radical (unpaired) electrons. The lowest BCUT2D eigenvalue weighted by molar-refractivity contribution is -0.0391. The highest BCUT2D eigenvalue weighted by molar-refractivity contribution is 7.80. The summed E-state index contributed by atoms with van der Waals surface area (Å²) in [7, 11) is 0. The van der Waals surface area contributed by atoms with Gasteiger partial charge in [0.05, 0.1) is 25.9 Å². The van der Waals surface area contributed by atoms with E-state index in [1.165, 1.54) is 37.7 Å². The van der Waals surface area contributed by atoms with Crippen LogP contribution >= 0.6 is 12.2 Å². The van der Waals surface area contributed by atoms with E-state index in [2.05, 4.69) is 22.8 Å². The lowest BCUT2D eigenvalue weighted by atomic mass is 9.96. The van der Waals surface area contributed by atoms with Crippen LogP contribution in [0.4, 0.5) is 0 Å². The van der Waals surface area contributed by atoms with Crippen LogP contribution in [0.1, 0.15) is 37.7 Å². The van der Waals surface area contributed by atoms with Gasteiger partial charge in [0.2, 0.25) is 0 Å². The van der Waals surface area contributed by atoms with Gasteiger partial charge in [-0.05, 0) is 30.6 Å². The molecular formula is C20H28N2O3S. The van der Waals surface area contributed by atoms with E-state index in [1.54, 1.807) is 0 Å². The first kappa shape index (κ1) is 18.2. The second kappa shape index (κ2) is 8.65. The van der Waals surface area contributed by atoms with Crippen LogP contribution in [0.25, 0.3) is 0 Å². The van der Waals surface area contributed by atoms with Gasteiger partial charge in [-0.25, -0.2) is 0 Å². The standard InChI is InChI=1S/C20H28N2O3S/c26-20(21-15-9-5-2-6-10-15)22-16-12-24-19-17(13-25-18(16)19)23-11-14-7-3-1-4-8-14/h1,3-4,7-8,15-19H,2,5-6,9-13H2,(H2,21,22,26)/t16-,17+,18+,19+/m0/s1. The van der Waals surface area contributed by atoms with E-state index in [0.717, 1.165) is 5.11 Å². The fraction of sp³-hybridized carbons (Fsp3) is 0.650. The zero-order valence-electron chi connectivity index (χ0n) is 15.1. The monoisotopic (exact) mass is 376 g/mol. The predicted molar refractivity (Wildman–Crippen MR) is 104 cm³/mol. The molecule has 4 rings (SSSR count). The minimum absolute atomic E-state index is 0.00174. The van der Waals surface area contributed by atoms with Gasteiger partial charge in [0.25, 0.3) is 0 Å². The van der Waals surface area contributed by atoms with Gasteiger partial charge >= 0.3 is 0 Å². The summed E-state index contributed by atoms with van der Waals surface area (Å²) >= 11 is 5.51. The molecule has 1 aromatic rings. The van der Waals surface area contributed by atoms with Gasteiger partial charge in [-0.3, -0.25) is 0 Å². The minimum Gasteiger partial charge on any atom is -0.370 e. The molecule has 2 N–H and O–H groups in total. The molecule has 3 fully saturated rings. The summed E-state index contributed by atoms with van der Waals surface area (Å²) in [5, 5.41) is 7.59. The third kappa shape index (κ3) is 4.36. The molecule has 2 aliphatic heterocycles. The van der Waals surface area contributed by atoms with Crippen molar-refractivity contribution >= 4 is 17.3 Å². The van der Waals surface area contributed by atoms with Gasteiger partial charge in [-0.15, -0.1) is 0 Å². The number of thiocarbonyl (C=S) groups is 1. The van der Waals surface area contributed by atoms with Crippen molar-refractivity contribution in [3.63, 3.8) is 0 Å². The fourth-order valence-corrected chi connectivity index (χ4v) is 4.47. The average molecular weight is 377 g/mol. The van der Waals surface area contributed by atoms with E-state index in [-0.39, 0.29) is 24.4 Å². The minimum atomic E-state index is -0.0214. The van der Waals surface area contributed by atoms with Crippen molar-refractivity contribution in [2.75, 3.05) is 13.2 Å². The van der Waals surface area contributed by atoms with Crippen molar-refractivity contribution in [2.45, 2.75) is 69.1 Å². The van der Waals surface area contributed by atoms with Gasteiger partial charge in [-0.1, -0.05) is 49.6 Å². The SMILES string of the molecule is S=C(NC1CCCCC1)N[C@H]1CO[C@H]2[C@@H]1OC[C@H]2OCc1ccccc1. The van der Waals surface area contributed by atoms with Crippen LogP contribution < -0.4 is 10.6 Å². The summed E-state index contributed by atoms with van der Waals surface area (Å²) in [6, 6.07) is 10.8. The van der Waals surface area contributed by atoms with Crippen LogP contribution in [0, 0.1) is 0 Å². The molecule has 142 valence electrons. The van der Waals surface area contributed by atoms with E-state index in [0.29, 0.717) is 25.9 Å². The second-order valence-electron chi connectivity index (χ2n) is 7.49. The van der Waals surface area contributed by atoms with Crippen molar-refractivity contribution in [1.29, 1.82) is 0 Å². The molecule has 0 unspecified atom stereocenters. The number of fused-ring (bicyclic) bond motifs is 1. The number of rotatable bonds is 5. The van der Waals surface area contributed by atoms with E-state index in [1.807, 2.05) is 18.2 Å². The molecule has 0 amide bonds. The molecule has 5 nitrogen and oxygen atoms in total. The van der Waals surface area contributed by atoms with E-state index >= 15 is 0 Å². The predicted octanol–water partition coefficient (Wildman–Crippen LogP) is 2.53. The molecule has 0 spiro atoms. The fourth-order valence-electron chi connectivity index (χ4n) is 4.15. The molecule has 1 aromatic carbocycles. The van der Waals surface area contributed by atoms with Gasteiger partial charge in [0.1, 0.15) is 18.3 Å². The van der Waals surface area contributed by atoms with E-state index in [4.69, 9.17) is 26.4 Å². The number of hydrogen-bond donors (Lipinski definition) is 2. The maximum Gasteiger partial charge on any atom is 0.166 e. The molecule has 3 aliphatic rings. The Morgan fingerprint density at radius 1 is 1.00 bits per heavy atom. The van der Waals surface area contributed by atoms with Crippen molar-refractivity contribution in [2.24, 2.45) is 0 Å². The Bertz CT molecular complexity index is 594. The number of nitrogens with one attached hydrogen (secondary N) is 2. The first-order chi connectivity index (χ1) is 12.8. The molecule has 2 heterocycles. The Kier molecular flexibility index (Phi) is 6.05. The molecule has 4 atom stereocenters. The molecule has 1 saturated carbocycles. The first-order valence-electron chi connectivity index (χ1n) is 9.75. The highest BCUT2D eigenvalue weighted by Crippen LogP contribution is 2.29. The lowest BCUT2D eigenvalue weighted by Gasteiger charge is -2.26. The van der Waals surface area contributed by atoms with Gasteiger partial charge in [0, 0.05) is 6.04 Å². The number of ether oxygens (including phenoxy) is 3. The van der Waals surface area contributed by atoms with Crippen LogP contribution in [0.3, 0.4) is 0 Å². The third-order valence-electron chi connectivity index (χ3n) is 5.57. The molecule has 6 heteroatoms. The van der Waals surface area contributed by atoms with E-state index in [9.17, 15) is 0 Å². The van der Waals surface area contributed by atoms with Crippen molar-refractivity contribution in [3.05, 3.63) is 35.9 Å². The zero-order valence-corrected chi connectivity index (χ0v) is 15.9. The largest absolute Gasteiger partial charge is 0.370 e. The first-order valence-corrected chi connectivity index (χ1v) is 10.2. The maximum atomic E-state index is 6.05. The van der Waals surface area contributed by atoms with Crippen molar-refractivity contribution in [1.82, 2.24) is 10.6 Å². The molecule has 0 aromatic heterocycles. The van der Waals surface area contributed by atoms with Crippen molar-refractivity contribution < 1.29 is 14.2 Å². The smallest absolute Gasteiger partial charge is 0.166 e. The molecule has 1 aliphatic carbocycles. The summed E-state index contributed by atoms with van der Waals surface area (Å²) in [4.78, 5) is 0. The highest BCUT2D eigenvalue weighted by Gasteiger charge is 2.48. The maximum absolute atomic E-state index is 6.05. The Balaban J connectivity index is 1.24. The molecular weight excluding hydrogens is 348 g/mol. The number of hydrogen-bond acceptors (Lipinski definition) is 4. The highest BCUT2D eigenvalue weighted by atomic mass is 32.1. The van der Waals surface area contributed by atoms with E-state index < -0.39 is 0 Å². The summed E-state index contributed by atoms with van der Waals surface area (Å²) in [6.45, 7) is 1.76.